The minimum absolute atomic E-state index is 0.208. The molecule has 8 heteroatoms. The van der Waals surface area contributed by atoms with Gasteiger partial charge in [0.25, 0.3) is 11.6 Å². The highest BCUT2D eigenvalue weighted by atomic mass is 16.5. The summed E-state index contributed by atoms with van der Waals surface area (Å²) < 4.78 is 12.6. The molecule has 1 N–H and O–H groups in total. The maximum atomic E-state index is 13.3. The van der Waals surface area contributed by atoms with E-state index in [0.29, 0.717) is 28.1 Å². The molecule has 0 aliphatic carbocycles. The van der Waals surface area contributed by atoms with E-state index in [1.54, 1.807) is 19.4 Å². The molecule has 1 aromatic carbocycles. The van der Waals surface area contributed by atoms with Gasteiger partial charge >= 0.3 is 0 Å². The van der Waals surface area contributed by atoms with E-state index in [4.69, 9.17) is 9.26 Å². The third kappa shape index (κ3) is 3.76. The molecule has 4 aromatic rings. The molecule has 0 fully saturated rings. The second kappa shape index (κ2) is 8.22. The summed E-state index contributed by atoms with van der Waals surface area (Å²) in [5.74, 6) is 0.518. The van der Waals surface area contributed by atoms with Crippen LogP contribution in [-0.4, -0.2) is 32.9 Å². The zero-order valence-electron chi connectivity index (χ0n) is 18.3. The molecule has 0 aliphatic rings. The Bertz CT molecular complexity index is 1240. The van der Waals surface area contributed by atoms with Gasteiger partial charge < -0.3 is 14.6 Å². The number of ether oxygens (including phenoxy) is 1. The molecular weight excluding hydrogens is 394 g/mol. The molecular formula is C23H25N5O3. The molecule has 0 spiro atoms. The second-order valence-corrected chi connectivity index (χ2v) is 7.45. The minimum atomic E-state index is -0.218. The number of amides is 1. The van der Waals surface area contributed by atoms with Crippen molar-refractivity contribution in [1.29, 1.82) is 0 Å². The summed E-state index contributed by atoms with van der Waals surface area (Å²) >= 11 is 0. The van der Waals surface area contributed by atoms with Gasteiger partial charge in [-0.05, 0) is 58.0 Å². The molecule has 3 aromatic heterocycles. The summed E-state index contributed by atoms with van der Waals surface area (Å²) in [5, 5.41) is 12.3. The quantitative estimate of drug-likeness (QED) is 0.503. The van der Waals surface area contributed by atoms with Crippen LogP contribution in [0, 0.1) is 13.8 Å². The van der Waals surface area contributed by atoms with Gasteiger partial charge in [-0.15, -0.1) is 0 Å². The van der Waals surface area contributed by atoms with Crippen LogP contribution in [0.4, 0.5) is 0 Å². The fraction of sp³-hybridized carbons (Fsp3) is 0.304. The third-order valence-electron chi connectivity index (χ3n) is 5.44. The first-order valence-corrected chi connectivity index (χ1v) is 10.2. The predicted molar refractivity (Wildman–Crippen MR) is 117 cm³/mol. The number of rotatable bonds is 6. The molecule has 8 nitrogen and oxygen atoms in total. The standard InChI is InChI=1S/C23H25N5O3/c1-6-28-15(4)19(12-24-28)14(3)26-22(29)18-11-13(2)25-23-20(18)21(27-31-23)16-7-9-17(30-5)10-8-16/h7-12,14H,6H2,1-5H3,(H,26,29). The van der Waals surface area contributed by atoms with Crippen LogP contribution in [0.5, 0.6) is 5.75 Å². The molecule has 0 saturated carbocycles. The van der Waals surface area contributed by atoms with E-state index in [0.717, 1.165) is 29.1 Å². The molecule has 0 aliphatic heterocycles. The van der Waals surface area contributed by atoms with Crippen LogP contribution in [0.3, 0.4) is 0 Å². The molecule has 0 saturated heterocycles. The van der Waals surface area contributed by atoms with E-state index in [1.165, 1.54) is 0 Å². The lowest BCUT2D eigenvalue weighted by Crippen LogP contribution is -2.27. The van der Waals surface area contributed by atoms with Crippen LogP contribution < -0.4 is 10.1 Å². The number of carbonyl (C=O) groups excluding carboxylic acids is 1. The highest BCUT2D eigenvalue weighted by molar-refractivity contribution is 6.09. The first-order valence-electron chi connectivity index (χ1n) is 10.2. The van der Waals surface area contributed by atoms with Gasteiger partial charge in [0.2, 0.25) is 0 Å². The monoisotopic (exact) mass is 419 g/mol. The van der Waals surface area contributed by atoms with Crippen molar-refractivity contribution in [2.24, 2.45) is 0 Å². The Morgan fingerprint density at radius 1 is 1.26 bits per heavy atom. The summed E-state index contributed by atoms with van der Waals surface area (Å²) in [4.78, 5) is 17.7. The number of carbonyl (C=O) groups is 1. The normalized spacial score (nSPS) is 12.2. The van der Waals surface area contributed by atoms with Gasteiger partial charge in [-0.2, -0.15) is 5.10 Å². The summed E-state index contributed by atoms with van der Waals surface area (Å²) in [6.45, 7) is 8.60. The maximum absolute atomic E-state index is 13.3. The Morgan fingerprint density at radius 3 is 2.65 bits per heavy atom. The Balaban J connectivity index is 1.72. The van der Waals surface area contributed by atoms with Crippen LogP contribution in [0.1, 0.15) is 47.2 Å². The summed E-state index contributed by atoms with van der Waals surface area (Å²) in [6, 6.07) is 8.99. The number of nitrogens with one attached hydrogen (secondary N) is 1. The second-order valence-electron chi connectivity index (χ2n) is 7.45. The first-order chi connectivity index (χ1) is 14.9. The zero-order valence-corrected chi connectivity index (χ0v) is 18.3. The number of nitrogens with zero attached hydrogens (tertiary/aromatic N) is 4. The number of benzene rings is 1. The molecule has 1 atom stereocenters. The third-order valence-corrected chi connectivity index (χ3v) is 5.44. The molecule has 1 unspecified atom stereocenters. The molecule has 3 heterocycles. The SMILES string of the molecule is CCn1ncc(C(C)NC(=O)c2cc(C)nc3onc(-c4ccc(OC)cc4)c23)c1C. The Labute approximate surface area is 180 Å². The van der Waals surface area contributed by atoms with E-state index in [2.05, 4.69) is 20.6 Å². The Hall–Kier alpha value is -3.68. The number of hydrogen-bond acceptors (Lipinski definition) is 6. The molecule has 4 rings (SSSR count). The van der Waals surface area contributed by atoms with Crippen molar-refractivity contribution < 1.29 is 14.1 Å². The molecule has 1 amide bonds. The van der Waals surface area contributed by atoms with E-state index >= 15 is 0 Å². The summed E-state index contributed by atoms with van der Waals surface area (Å²) in [7, 11) is 1.61. The van der Waals surface area contributed by atoms with Crippen molar-refractivity contribution in [3.05, 3.63) is 59.0 Å². The van der Waals surface area contributed by atoms with Gasteiger partial charge in [0.1, 0.15) is 11.4 Å². The van der Waals surface area contributed by atoms with E-state index < -0.39 is 0 Å². The van der Waals surface area contributed by atoms with Gasteiger partial charge in [0.05, 0.1) is 30.3 Å². The number of fused-ring (bicyclic) bond motifs is 1. The van der Waals surface area contributed by atoms with Crippen LogP contribution >= 0.6 is 0 Å². The average Bonchev–Trinajstić information content (AvgIpc) is 3.36. The van der Waals surface area contributed by atoms with Crippen molar-refractivity contribution in [2.75, 3.05) is 7.11 Å². The van der Waals surface area contributed by atoms with Crippen molar-refractivity contribution in [2.45, 2.75) is 40.3 Å². The highest BCUT2D eigenvalue weighted by Gasteiger charge is 2.23. The molecule has 0 radical (unpaired) electrons. The Morgan fingerprint density at radius 2 is 2.00 bits per heavy atom. The number of pyridine rings is 1. The predicted octanol–water partition coefficient (Wildman–Crippen LogP) is 4.22. The highest BCUT2D eigenvalue weighted by Crippen LogP contribution is 2.31. The average molecular weight is 419 g/mol. The summed E-state index contributed by atoms with van der Waals surface area (Å²) in [6.07, 6.45) is 1.80. The number of aryl methyl sites for hydroxylation is 2. The van der Waals surface area contributed by atoms with Crippen molar-refractivity contribution >= 4 is 17.0 Å². The lowest BCUT2D eigenvalue weighted by Gasteiger charge is -2.15. The number of methoxy groups -OCH3 is 1. The van der Waals surface area contributed by atoms with Crippen LogP contribution in [0.25, 0.3) is 22.4 Å². The zero-order chi connectivity index (χ0) is 22.1. The smallest absolute Gasteiger partial charge is 0.259 e. The van der Waals surface area contributed by atoms with Gasteiger partial charge in [-0.25, -0.2) is 4.98 Å². The van der Waals surface area contributed by atoms with Gasteiger partial charge in [-0.3, -0.25) is 9.48 Å². The lowest BCUT2D eigenvalue weighted by molar-refractivity contribution is 0.0941. The molecule has 160 valence electrons. The van der Waals surface area contributed by atoms with E-state index in [1.807, 2.05) is 56.6 Å². The van der Waals surface area contributed by atoms with E-state index in [9.17, 15) is 4.79 Å². The number of aromatic nitrogens is 4. The lowest BCUT2D eigenvalue weighted by atomic mass is 10.0. The van der Waals surface area contributed by atoms with Crippen LogP contribution in [-0.2, 0) is 6.54 Å². The fourth-order valence-electron chi connectivity index (χ4n) is 3.76. The van der Waals surface area contributed by atoms with Gasteiger partial charge in [0, 0.05) is 29.1 Å². The molecule has 31 heavy (non-hydrogen) atoms. The Kier molecular flexibility index (Phi) is 5.46. The molecule has 0 bridgehead atoms. The fourth-order valence-corrected chi connectivity index (χ4v) is 3.76. The van der Waals surface area contributed by atoms with Crippen LogP contribution in [0.2, 0.25) is 0 Å². The minimum Gasteiger partial charge on any atom is -0.497 e. The van der Waals surface area contributed by atoms with E-state index in [-0.39, 0.29) is 11.9 Å². The van der Waals surface area contributed by atoms with Crippen molar-refractivity contribution in [3.63, 3.8) is 0 Å². The first kappa shape index (κ1) is 20.6. The number of hydrogen-bond donors (Lipinski definition) is 1. The summed E-state index contributed by atoms with van der Waals surface area (Å²) in [5.41, 5.74) is 4.89. The van der Waals surface area contributed by atoms with Crippen molar-refractivity contribution in [3.8, 4) is 17.0 Å². The maximum Gasteiger partial charge on any atom is 0.259 e. The van der Waals surface area contributed by atoms with Gasteiger partial charge in [0.15, 0.2) is 0 Å². The van der Waals surface area contributed by atoms with Crippen LogP contribution in [0.15, 0.2) is 41.1 Å². The van der Waals surface area contributed by atoms with Crippen molar-refractivity contribution in [1.82, 2.24) is 25.2 Å². The van der Waals surface area contributed by atoms with Gasteiger partial charge in [-0.1, -0.05) is 5.16 Å². The largest absolute Gasteiger partial charge is 0.497 e. The topological polar surface area (TPSA) is 95.1 Å².